The summed E-state index contributed by atoms with van der Waals surface area (Å²) in [5, 5.41) is 14.9. The SMILES string of the molecule is CCOCCCNC(=NCc1ccc(OC)c(OC)c1)NCc1nnc(C)n1C.I. The van der Waals surface area contributed by atoms with Crippen molar-refractivity contribution in [2.75, 3.05) is 34.0 Å². The van der Waals surface area contributed by atoms with Crippen LogP contribution in [0.5, 0.6) is 11.5 Å². The van der Waals surface area contributed by atoms with E-state index >= 15 is 0 Å². The monoisotopic (exact) mass is 532 g/mol. The Morgan fingerprint density at radius 1 is 1.13 bits per heavy atom. The van der Waals surface area contributed by atoms with Gasteiger partial charge in [0.15, 0.2) is 23.3 Å². The fourth-order valence-corrected chi connectivity index (χ4v) is 2.62. The molecule has 0 saturated carbocycles. The number of guanidine groups is 1. The molecule has 0 amide bonds. The van der Waals surface area contributed by atoms with Gasteiger partial charge in [-0.25, -0.2) is 4.99 Å². The smallest absolute Gasteiger partial charge is 0.191 e. The molecule has 0 aliphatic carbocycles. The summed E-state index contributed by atoms with van der Waals surface area (Å²) < 4.78 is 18.0. The second-order valence-electron chi connectivity index (χ2n) is 6.41. The van der Waals surface area contributed by atoms with Crippen molar-refractivity contribution < 1.29 is 14.2 Å². The number of aryl methyl sites for hydroxylation is 1. The Balaban J connectivity index is 0.00000450. The minimum absolute atomic E-state index is 0. The molecule has 0 radical (unpaired) electrons. The van der Waals surface area contributed by atoms with Gasteiger partial charge in [-0.15, -0.1) is 34.2 Å². The molecule has 2 aromatic rings. The molecule has 9 nitrogen and oxygen atoms in total. The highest BCUT2D eigenvalue weighted by Crippen LogP contribution is 2.27. The molecule has 0 atom stereocenters. The fraction of sp³-hybridized carbons (Fsp3) is 0.550. The summed E-state index contributed by atoms with van der Waals surface area (Å²) in [6.07, 6.45) is 0.897. The van der Waals surface area contributed by atoms with Crippen LogP contribution in [0.4, 0.5) is 0 Å². The average molecular weight is 532 g/mol. The zero-order valence-electron chi connectivity index (χ0n) is 18.4. The van der Waals surface area contributed by atoms with E-state index in [4.69, 9.17) is 19.2 Å². The lowest BCUT2D eigenvalue weighted by Gasteiger charge is -2.13. The minimum atomic E-state index is 0. The van der Waals surface area contributed by atoms with Gasteiger partial charge in [-0.1, -0.05) is 6.07 Å². The highest BCUT2D eigenvalue weighted by molar-refractivity contribution is 14.0. The molecule has 1 aromatic carbocycles. The maximum Gasteiger partial charge on any atom is 0.191 e. The van der Waals surface area contributed by atoms with E-state index < -0.39 is 0 Å². The van der Waals surface area contributed by atoms with E-state index in [1.165, 1.54) is 0 Å². The number of rotatable bonds is 11. The summed E-state index contributed by atoms with van der Waals surface area (Å²) in [5.74, 6) is 3.81. The minimum Gasteiger partial charge on any atom is -0.493 e. The third-order valence-electron chi connectivity index (χ3n) is 4.43. The van der Waals surface area contributed by atoms with Crippen LogP contribution in [-0.2, 0) is 24.9 Å². The Labute approximate surface area is 195 Å². The lowest BCUT2D eigenvalue weighted by atomic mass is 10.2. The van der Waals surface area contributed by atoms with E-state index in [1.807, 2.05) is 43.7 Å². The lowest BCUT2D eigenvalue weighted by Crippen LogP contribution is -2.38. The Morgan fingerprint density at radius 2 is 1.90 bits per heavy atom. The number of hydrogen-bond donors (Lipinski definition) is 2. The van der Waals surface area contributed by atoms with E-state index in [0.29, 0.717) is 30.5 Å². The van der Waals surface area contributed by atoms with Gasteiger partial charge in [-0.2, -0.15) is 0 Å². The van der Waals surface area contributed by atoms with E-state index in [0.717, 1.165) is 43.4 Å². The van der Waals surface area contributed by atoms with Crippen LogP contribution < -0.4 is 20.1 Å². The molecular weight excluding hydrogens is 499 g/mol. The van der Waals surface area contributed by atoms with Crippen molar-refractivity contribution in [3.63, 3.8) is 0 Å². The third kappa shape index (κ3) is 7.98. The maximum atomic E-state index is 5.39. The summed E-state index contributed by atoms with van der Waals surface area (Å²) >= 11 is 0. The number of ether oxygens (including phenoxy) is 3. The molecular formula is C20H33IN6O3. The normalized spacial score (nSPS) is 11.0. The van der Waals surface area contributed by atoms with Crippen molar-refractivity contribution in [2.45, 2.75) is 33.4 Å². The quantitative estimate of drug-likeness (QED) is 0.199. The summed E-state index contributed by atoms with van der Waals surface area (Å²) in [7, 11) is 5.20. The second kappa shape index (κ2) is 14.0. The van der Waals surface area contributed by atoms with Crippen molar-refractivity contribution in [3.8, 4) is 11.5 Å². The molecule has 0 unspecified atom stereocenters. The van der Waals surface area contributed by atoms with Crippen LogP contribution in [0.25, 0.3) is 0 Å². The van der Waals surface area contributed by atoms with Crippen LogP contribution in [0.15, 0.2) is 23.2 Å². The molecule has 2 rings (SSSR count). The fourth-order valence-electron chi connectivity index (χ4n) is 2.62. The number of halogens is 1. The maximum absolute atomic E-state index is 5.39. The molecule has 10 heteroatoms. The zero-order chi connectivity index (χ0) is 21.1. The van der Waals surface area contributed by atoms with Gasteiger partial charge in [0.1, 0.15) is 5.82 Å². The summed E-state index contributed by atoms with van der Waals surface area (Å²) in [4.78, 5) is 4.69. The summed E-state index contributed by atoms with van der Waals surface area (Å²) in [6, 6.07) is 5.79. The predicted molar refractivity (Wildman–Crippen MR) is 128 cm³/mol. The van der Waals surface area contributed by atoms with Crippen molar-refractivity contribution in [2.24, 2.45) is 12.0 Å². The molecule has 0 spiro atoms. The van der Waals surface area contributed by atoms with Gasteiger partial charge < -0.3 is 29.4 Å². The molecule has 30 heavy (non-hydrogen) atoms. The van der Waals surface area contributed by atoms with Crippen LogP contribution in [0.3, 0.4) is 0 Å². The average Bonchev–Trinajstić information content (AvgIpc) is 3.06. The van der Waals surface area contributed by atoms with Crippen LogP contribution >= 0.6 is 24.0 Å². The van der Waals surface area contributed by atoms with E-state index in [9.17, 15) is 0 Å². The van der Waals surface area contributed by atoms with Crippen LogP contribution in [0.1, 0.15) is 30.6 Å². The van der Waals surface area contributed by atoms with Gasteiger partial charge >= 0.3 is 0 Å². The molecule has 2 N–H and O–H groups in total. The molecule has 0 saturated heterocycles. The Kier molecular flexibility index (Phi) is 12.1. The predicted octanol–water partition coefficient (Wildman–Crippen LogP) is 2.42. The molecule has 0 aliphatic heterocycles. The molecule has 0 bridgehead atoms. The summed E-state index contributed by atoms with van der Waals surface area (Å²) in [6.45, 7) is 7.15. The van der Waals surface area contributed by atoms with Gasteiger partial charge in [0, 0.05) is 26.8 Å². The molecule has 168 valence electrons. The number of nitrogens with one attached hydrogen (secondary N) is 2. The first-order valence-electron chi connectivity index (χ1n) is 9.74. The molecule has 0 fully saturated rings. The van der Waals surface area contributed by atoms with Crippen LogP contribution in [-0.4, -0.2) is 54.7 Å². The van der Waals surface area contributed by atoms with Gasteiger partial charge in [0.2, 0.25) is 0 Å². The Hall–Kier alpha value is -2.08. The summed E-state index contributed by atoms with van der Waals surface area (Å²) in [5.41, 5.74) is 1.02. The number of methoxy groups -OCH3 is 2. The van der Waals surface area contributed by atoms with Gasteiger partial charge in [0.25, 0.3) is 0 Å². The first-order chi connectivity index (χ1) is 14.1. The number of nitrogens with zero attached hydrogens (tertiary/aromatic N) is 4. The van der Waals surface area contributed by atoms with Gasteiger partial charge in [-0.05, 0) is 38.0 Å². The Bertz CT molecular complexity index is 797. The first kappa shape index (κ1) is 26.0. The largest absolute Gasteiger partial charge is 0.493 e. The van der Waals surface area contributed by atoms with E-state index in [2.05, 4.69) is 20.8 Å². The van der Waals surface area contributed by atoms with Crippen molar-refractivity contribution in [1.82, 2.24) is 25.4 Å². The highest BCUT2D eigenvalue weighted by atomic mass is 127. The van der Waals surface area contributed by atoms with Crippen LogP contribution in [0.2, 0.25) is 0 Å². The third-order valence-corrected chi connectivity index (χ3v) is 4.43. The van der Waals surface area contributed by atoms with Crippen molar-refractivity contribution >= 4 is 29.9 Å². The van der Waals surface area contributed by atoms with E-state index in [-0.39, 0.29) is 24.0 Å². The number of benzene rings is 1. The molecule has 1 heterocycles. The topological polar surface area (TPSA) is 94.8 Å². The van der Waals surface area contributed by atoms with Gasteiger partial charge in [0.05, 0.1) is 27.3 Å². The zero-order valence-corrected chi connectivity index (χ0v) is 20.7. The van der Waals surface area contributed by atoms with Gasteiger partial charge in [-0.3, -0.25) is 0 Å². The number of aliphatic imine (C=N–C) groups is 1. The van der Waals surface area contributed by atoms with Crippen molar-refractivity contribution in [1.29, 1.82) is 0 Å². The Morgan fingerprint density at radius 3 is 2.53 bits per heavy atom. The first-order valence-corrected chi connectivity index (χ1v) is 9.74. The number of hydrogen-bond acceptors (Lipinski definition) is 6. The lowest BCUT2D eigenvalue weighted by molar-refractivity contribution is 0.145. The van der Waals surface area contributed by atoms with Crippen LogP contribution in [0, 0.1) is 6.92 Å². The second-order valence-corrected chi connectivity index (χ2v) is 6.41. The highest BCUT2D eigenvalue weighted by Gasteiger charge is 2.07. The molecule has 1 aromatic heterocycles. The number of aromatic nitrogens is 3. The van der Waals surface area contributed by atoms with E-state index in [1.54, 1.807) is 14.2 Å². The van der Waals surface area contributed by atoms with Crippen molar-refractivity contribution in [3.05, 3.63) is 35.4 Å². The standard InChI is InChI=1S/C20H32N6O3.HI/c1-6-29-11-7-10-21-20(23-14-19-25-24-15(2)26(19)3)22-13-16-8-9-17(27-4)18(12-16)28-5;/h8-9,12H,6-7,10-11,13-14H2,1-5H3,(H2,21,22,23);1H. The molecule has 0 aliphatic rings.